The van der Waals surface area contributed by atoms with Gasteiger partial charge in [-0.25, -0.2) is 4.79 Å². The Morgan fingerprint density at radius 2 is 1.69 bits per heavy atom. The Kier molecular flexibility index (Phi) is 4.49. The van der Waals surface area contributed by atoms with Gasteiger partial charge in [-0.15, -0.1) is 0 Å². The van der Waals surface area contributed by atoms with Crippen molar-refractivity contribution < 1.29 is 14.7 Å². The van der Waals surface area contributed by atoms with E-state index in [0.29, 0.717) is 24.8 Å². The molecule has 4 rings (SSSR count). The molecule has 1 atom stereocenters. The van der Waals surface area contributed by atoms with E-state index in [-0.39, 0.29) is 5.91 Å². The Morgan fingerprint density at radius 1 is 1.00 bits per heavy atom. The van der Waals surface area contributed by atoms with Gasteiger partial charge < -0.3 is 10.0 Å². The second-order valence-electron chi connectivity index (χ2n) is 7.43. The molecule has 1 saturated carbocycles. The molecule has 26 heavy (non-hydrogen) atoms. The first-order chi connectivity index (χ1) is 12.6. The number of carboxylic acids is 1. The molecular formula is C22H23NO3. The van der Waals surface area contributed by atoms with Gasteiger partial charge in [0.15, 0.2) is 6.04 Å². The summed E-state index contributed by atoms with van der Waals surface area (Å²) in [6.45, 7) is 0.488. The van der Waals surface area contributed by atoms with Crippen molar-refractivity contribution in [1.29, 1.82) is 0 Å². The maximum absolute atomic E-state index is 12.8. The molecule has 1 aliphatic heterocycles. The molecule has 134 valence electrons. The molecule has 0 saturated heterocycles. The molecule has 4 heteroatoms. The summed E-state index contributed by atoms with van der Waals surface area (Å²) in [6, 6.07) is 17.1. The van der Waals surface area contributed by atoms with E-state index in [2.05, 4.69) is 24.3 Å². The molecule has 1 fully saturated rings. The van der Waals surface area contributed by atoms with Crippen LogP contribution in [0.3, 0.4) is 0 Å². The van der Waals surface area contributed by atoms with Crippen LogP contribution in [0.25, 0.3) is 0 Å². The zero-order valence-corrected chi connectivity index (χ0v) is 14.7. The molecule has 2 aromatic rings. The van der Waals surface area contributed by atoms with E-state index >= 15 is 0 Å². The molecule has 0 radical (unpaired) electrons. The molecule has 1 N–H and O–H groups in total. The Hall–Kier alpha value is -2.62. The van der Waals surface area contributed by atoms with Crippen LogP contribution in [0.5, 0.6) is 0 Å². The van der Waals surface area contributed by atoms with Gasteiger partial charge >= 0.3 is 5.97 Å². The molecular weight excluding hydrogens is 326 g/mol. The Balaban J connectivity index is 1.42. The number of carbonyl (C=O) groups excluding carboxylic acids is 1. The third-order valence-corrected chi connectivity index (χ3v) is 5.81. The normalized spacial score (nSPS) is 24.5. The molecule has 0 aromatic heterocycles. The van der Waals surface area contributed by atoms with Crippen LogP contribution in [-0.2, 0) is 16.0 Å². The highest BCUT2D eigenvalue weighted by atomic mass is 16.4. The topological polar surface area (TPSA) is 57.6 Å². The van der Waals surface area contributed by atoms with Crippen molar-refractivity contribution in [3.05, 3.63) is 71.3 Å². The minimum absolute atomic E-state index is 0.0246. The number of aliphatic carboxylic acids is 1. The molecule has 2 aliphatic rings. The van der Waals surface area contributed by atoms with Crippen molar-refractivity contribution in [3.63, 3.8) is 0 Å². The lowest BCUT2D eigenvalue weighted by molar-refractivity contribution is -0.152. The minimum Gasteiger partial charge on any atom is -0.479 e. The molecule has 0 spiro atoms. The van der Waals surface area contributed by atoms with Gasteiger partial charge in [0, 0.05) is 13.0 Å². The van der Waals surface area contributed by atoms with Crippen molar-refractivity contribution in [3.8, 4) is 0 Å². The SMILES string of the molecule is O=C(O)C1c2ccccc2CCN1C(=O)CC1CC(c2ccccc2)C1. The van der Waals surface area contributed by atoms with Crippen LogP contribution in [0, 0.1) is 5.92 Å². The van der Waals surface area contributed by atoms with E-state index in [1.165, 1.54) is 5.56 Å². The lowest BCUT2D eigenvalue weighted by atomic mass is 9.70. The summed E-state index contributed by atoms with van der Waals surface area (Å²) < 4.78 is 0. The average molecular weight is 349 g/mol. The highest BCUT2D eigenvalue weighted by molar-refractivity contribution is 5.85. The first kappa shape index (κ1) is 16.8. The number of benzene rings is 2. The van der Waals surface area contributed by atoms with E-state index in [1.54, 1.807) is 4.90 Å². The third-order valence-electron chi connectivity index (χ3n) is 5.81. The van der Waals surface area contributed by atoms with Gasteiger partial charge in [-0.3, -0.25) is 4.79 Å². The summed E-state index contributed by atoms with van der Waals surface area (Å²) in [4.78, 5) is 26.2. The van der Waals surface area contributed by atoms with Gasteiger partial charge in [-0.2, -0.15) is 0 Å². The molecule has 1 amide bonds. The Bertz CT molecular complexity index is 811. The fraction of sp³-hybridized carbons (Fsp3) is 0.364. The van der Waals surface area contributed by atoms with E-state index in [1.807, 2.05) is 30.3 Å². The Labute approximate surface area is 153 Å². The quantitative estimate of drug-likeness (QED) is 0.914. The standard InChI is InChI=1S/C22H23NO3/c24-20(14-15-12-18(13-15)16-6-2-1-3-7-16)23-11-10-17-8-4-5-9-19(17)21(23)22(25)26/h1-9,15,18,21H,10-14H2,(H,25,26). The van der Waals surface area contributed by atoms with Gasteiger partial charge in [-0.1, -0.05) is 54.6 Å². The summed E-state index contributed by atoms with van der Waals surface area (Å²) in [5.74, 6) is -0.0737. The van der Waals surface area contributed by atoms with Crippen LogP contribution in [0.4, 0.5) is 0 Å². The fourth-order valence-corrected chi connectivity index (χ4v) is 4.37. The smallest absolute Gasteiger partial charge is 0.331 e. The van der Waals surface area contributed by atoms with E-state index < -0.39 is 12.0 Å². The summed E-state index contributed by atoms with van der Waals surface area (Å²) in [5, 5.41) is 9.71. The maximum atomic E-state index is 12.8. The first-order valence-corrected chi connectivity index (χ1v) is 9.28. The lowest BCUT2D eigenvalue weighted by Gasteiger charge is -2.39. The highest BCUT2D eigenvalue weighted by Gasteiger charge is 2.38. The number of carboxylic acid groups (broad SMARTS) is 1. The molecule has 1 unspecified atom stereocenters. The molecule has 1 heterocycles. The summed E-state index contributed by atoms with van der Waals surface area (Å²) in [6.07, 6.45) is 3.20. The summed E-state index contributed by atoms with van der Waals surface area (Å²) in [7, 11) is 0. The number of fused-ring (bicyclic) bond motifs is 1. The lowest BCUT2D eigenvalue weighted by Crippen LogP contribution is -2.44. The fourth-order valence-electron chi connectivity index (χ4n) is 4.37. The van der Waals surface area contributed by atoms with Crippen molar-refractivity contribution in [1.82, 2.24) is 4.90 Å². The maximum Gasteiger partial charge on any atom is 0.331 e. The summed E-state index contributed by atoms with van der Waals surface area (Å²) in [5.41, 5.74) is 3.14. The second kappa shape index (κ2) is 6.94. The number of carbonyl (C=O) groups is 2. The number of hydrogen-bond acceptors (Lipinski definition) is 2. The second-order valence-corrected chi connectivity index (χ2v) is 7.43. The minimum atomic E-state index is -0.943. The molecule has 0 bridgehead atoms. The zero-order chi connectivity index (χ0) is 18.1. The van der Waals surface area contributed by atoms with Crippen LogP contribution in [0.15, 0.2) is 54.6 Å². The molecule has 1 aliphatic carbocycles. The number of rotatable bonds is 4. The van der Waals surface area contributed by atoms with Crippen molar-refractivity contribution in [2.75, 3.05) is 6.54 Å². The first-order valence-electron chi connectivity index (χ1n) is 9.28. The largest absolute Gasteiger partial charge is 0.479 e. The van der Waals surface area contributed by atoms with Crippen LogP contribution in [0.1, 0.15) is 47.9 Å². The van der Waals surface area contributed by atoms with Crippen molar-refractivity contribution in [2.24, 2.45) is 5.92 Å². The number of hydrogen-bond donors (Lipinski definition) is 1. The van der Waals surface area contributed by atoms with Gasteiger partial charge in [0.25, 0.3) is 0 Å². The molecule has 2 aromatic carbocycles. The monoisotopic (exact) mass is 349 g/mol. The predicted molar refractivity (Wildman–Crippen MR) is 98.8 cm³/mol. The van der Waals surface area contributed by atoms with Gasteiger partial charge in [0.1, 0.15) is 0 Å². The van der Waals surface area contributed by atoms with Gasteiger partial charge in [0.05, 0.1) is 0 Å². The zero-order valence-electron chi connectivity index (χ0n) is 14.7. The predicted octanol–water partition coefficient (Wildman–Crippen LogP) is 3.78. The van der Waals surface area contributed by atoms with Crippen LogP contribution >= 0.6 is 0 Å². The molecule has 4 nitrogen and oxygen atoms in total. The van der Waals surface area contributed by atoms with Crippen LogP contribution in [0.2, 0.25) is 0 Å². The van der Waals surface area contributed by atoms with Crippen molar-refractivity contribution >= 4 is 11.9 Å². The van der Waals surface area contributed by atoms with Gasteiger partial charge in [0.2, 0.25) is 5.91 Å². The highest BCUT2D eigenvalue weighted by Crippen LogP contribution is 2.44. The Morgan fingerprint density at radius 3 is 2.42 bits per heavy atom. The van der Waals surface area contributed by atoms with E-state index in [9.17, 15) is 14.7 Å². The van der Waals surface area contributed by atoms with Gasteiger partial charge in [-0.05, 0) is 47.8 Å². The average Bonchev–Trinajstić information content (AvgIpc) is 2.63. The van der Waals surface area contributed by atoms with Crippen LogP contribution < -0.4 is 0 Å². The van der Waals surface area contributed by atoms with E-state index in [0.717, 1.165) is 30.4 Å². The summed E-state index contributed by atoms with van der Waals surface area (Å²) >= 11 is 0. The van der Waals surface area contributed by atoms with E-state index in [4.69, 9.17) is 0 Å². The van der Waals surface area contributed by atoms with Crippen molar-refractivity contribution in [2.45, 2.75) is 37.6 Å². The van der Waals surface area contributed by atoms with Crippen LogP contribution in [-0.4, -0.2) is 28.4 Å². The third kappa shape index (κ3) is 3.12. The number of nitrogens with zero attached hydrogens (tertiary/aromatic N) is 1. The number of amides is 1.